The van der Waals surface area contributed by atoms with Gasteiger partial charge in [0.2, 0.25) is 11.8 Å². The van der Waals surface area contributed by atoms with Crippen molar-refractivity contribution in [2.75, 3.05) is 33.2 Å². The Bertz CT molecular complexity index is 1800. The lowest BCUT2D eigenvalue weighted by atomic mass is 9.77. The highest BCUT2D eigenvalue weighted by Crippen LogP contribution is 2.42. The summed E-state index contributed by atoms with van der Waals surface area (Å²) in [5, 5.41) is 3.60. The maximum atomic E-state index is 14.6. The van der Waals surface area contributed by atoms with Crippen molar-refractivity contribution in [2.45, 2.75) is 64.5 Å². The third-order valence-corrected chi connectivity index (χ3v) is 11.6. The minimum atomic E-state index is -0.677. The number of carbonyl (C=O) groups is 5. The van der Waals surface area contributed by atoms with E-state index < -0.39 is 29.7 Å². The minimum Gasteiger partial charge on any atom is -0.488 e. The SMILES string of the molecule is CNC(=O)[C@H]1CCCC[C@H]1C(=O)N1CCc2cccc(OC3CCN(C(=O)c4sc(C)nc4C)C3)c2[C@H]1CN1C(=O)c2ccccc2C1=O. The number of ether oxygens (including phenoxy) is 1. The molecule has 4 aliphatic rings. The average Bonchev–Trinajstić information content (AvgIpc) is 3.79. The van der Waals surface area contributed by atoms with Crippen LogP contribution in [0.5, 0.6) is 5.75 Å². The van der Waals surface area contributed by atoms with Gasteiger partial charge in [-0.05, 0) is 56.9 Å². The van der Waals surface area contributed by atoms with Crippen LogP contribution >= 0.6 is 11.3 Å². The normalized spacial score (nSPS) is 23.4. The van der Waals surface area contributed by atoms with E-state index in [1.54, 1.807) is 41.1 Å². The van der Waals surface area contributed by atoms with Crippen LogP contribution in [-0.2, 0) is 16.0 Å². The molecule has 7 rings (SSSR count). The molecule has 0 radical (unpaired) electrons. The molecule has 2 aromatic carbocycles. The first kappa shape index (κ1) is 32.9. The van der Waals surface area contributed by atoms with Gasteiger partial charge >= 0.3 is 0 Å². The van der Waals surface area contributed by atoms with Crippen LogP contribution in [0.15, 0.2) is 42.5 Å². The van der Waals surface area contributed by atoms with E-state index >= 15 is 0 Å². The van der Waals surface area contributed by atoms with Gasteiger partial charge in [0.25, 0.3) is 17.7 Å². The zero-order chi connectivity index (χ0) is 34.4. The second-order valence-corrected chi connectivity index (χ2v) is 14.6. The number of nitrogens with zero attached hydrogens (tertiary/aromatic N) is 4. The maximum absolute atomic E-state index is 14.6. The quantitative estimate of drug-likeness (QED) is 0.367. The molecule has 0 bridgehead atoms. The lowest BCUT2D eigenvalue weighted by Gasteiger charge is -2.43. The molecular weight excluding hydrogens is 643 g/mol. The van der Waals surface area contributed by atoms with Crippen LogP contribution in [0, 0.1) is 25.7 Å². The van der Waals surface area contributed by atoms with E-state index in [0.29, 0.717) is 67.1 Å². The number of carbonyl (C=O) groups excluding carboxylic acids is 5. The fourth-order valence-corrected chi connectivity index (χ4v) is 8.96. The topological polar surface area (TPSA) is 129 Å². The number of nitrogens with one attached hydrogen (secondary N) is 1. The Balaban J connectivity index is 1.21. The molecule has 1 aromatic heterocycles. The van der Waals surface area contributed by atoms with E-state index in [4.69, 9.17) is 4.74 Å². The molecule has 11 nitrogen and oxygen atoms in total. The van der Waals surface area contributed by atoms with Crippen molar-refractivity contribution in [3.8, 4) is 5.75 Å². The summed E-state index contributed by atoms with van der Waals surface area (Å²) < 4.78 is 6.69. The van der Waals surface area contributed by atoms with E-state index in [1.807, 2.05) is 32.0 Å². The van der Waals surface area contributed by atoms with Crippen molar-refractivity contribution < 1.29 is 28.7 Å². The highest BCUT2D eigenvalue weighted by atomic mass is 32.1. The van der Waals surface area contributed by atoms with Crippen molar-refractivity contribution in [3.05, 3.63) is 80.3 Å². The minimum absolute atomic E-state index is 0.0396. The van der Waals surface area contributed by atoms with Gasteiger partial charge in [0.1, 0.15) is 16.7 Å². The molecule has 1 saturated carbocycles. The molecule has 4 heterocycles. The van der Waals surface area contributed by atoms with Gasteiger partial charge in [0.15, 0.2) is 0 Å². The third kappa shape index (κ3) is 6.00. The molecular formula is C37H41N5O6S. The fraction of sp³-hybridized carbons (Fsp3) is 0.459. The largest absolute Gasteiger partial charge is 0.488 e. The number of aryl methyl sites for hydroxylation is 2. The van der Waals surface area contributed by atoms with Crippen molar-refractivity contribution >= 4 is 40.9 Å². The van der Waals surface area contributed by atoms with Crippen LogP contribution in [0.3, 0.4) is 0 Å². The Morgan fingerprint density at radius 3 is 2.33 bits per heavy atom. The first-order valence-electron chi connectivity index (χ1n) is 17.1. The third-order valence-electron chi connectivity index (χ3n) is 10.5. The Hall–Kier alpha value is -4.58. The zero-order valence-corrected chi connectivity index (χ0v) is 28.9. The van der Waals surface area contributed by atoms with Crippen LogP contribution < -0.4 is 10.1 Å². The summed E-state index contributed by atoms with van der Waals surface area (Å²) in [5.74, 6) is -1.47. The molecule has 12 heteroatoms. The molecule has 4 atom stereocenters. The van der Waals surface area contributed by atoms with Crippen molar-refractivity contribution in [1.29, 1.82) is 0 Å². The maximum Gasteiger partial charge on any atom is 0.265 e. The molecule has 1 aliphatic carbocycles. The van der Waals surface area contributed by atoms with Crippen molar-refractivity contribution in [3.63, 3.8) is 0 Å². The number of imide groups is 1. The summed E-state index contributed by atoms with van der Waals surface area (Å²) in [4.78, 5) is 78.0. The van der Waals surface area contributed by atoms with Crippen LogP contribution in [0.25, 0.3) is 0 Å². The molecule has 1 unspecified atom stereocenters. The van der Waals surface area contributed by atoms with Crippen LogP contribution in [0.2, 0.25) is 0 Å². The molecule has 5 amide bonds. The first-order valence-corrected chi connectivity index (χ1v) is 18.0. The molecule has 49 heavy (non-hydrogen) atoms. The second kappa shape index (κ2) is 13.4. The average molecular weight is 684 g/mol. The van der Waals surface area contributed by atoms with E-state index in [0.717, 1.165) is 34.7 Å². The Morgan fingerprint density at radius 2 is 1.65 bits per heavy atom. The van der Waals surface area contributed by atoms with Gasteiger partial charge in [0.05, 0.1) is 41.0 Å². The van der Waals surface area contributed by atoms with E-state index in [-0.39, 0.29) is 30.4 Å². The van der Waals surface area contributed by atoms with E-state index in [2.05, 4.69) is 10.3 Å². The summed E-state index contributed by atoms with van der Waals surface area (Å²) in [7, 11) is 1.60. The highest BCUT2D eigenvalue weighted by Gasteiger charge is 2.45. The van der Waals surface area contributed by atoms with Gasteiger partial charge in [-0.3, -0.25) is 28.9 Å². The molecule has 3 aromatic rings. The predicted molar refractivity (Wildman–Crippen MR) is 182 cm³/mol. The molecule has 2 fully saturated rings. The summed E-state index contributed by atoms with van der Waals surface area (Å²) in [6.45, 7) is 5.04. The van der Waals surface area contributed by atoms with Crippen LogP contribution in [0.4, 0.5) is 0 Å². The second-order valence-electron chi connectivity index (χ2n) is 13.4. The molecule has 1 saturated heterocycles. The number of hydrogen-bond donors (Lipinski definition) is 1. The van der Waals surface area contributed by atoms with E-state index in [9.17, 15) is 24.0 Å². The lowest BCUT2D eigenvalue weighted by Crippen LogP contribution is -2.51. The monoisotopic (exact) mass is 683 g/mol. The summed E-state index contributed by atoms with van der Waals surface area (Å²) in [6.07, 6.45) is 3.87. The Morgan fingerprint density at radius 1 is 0.939 bits per heavy atom. The molecule has 3 aliphatic heterocycles. The van der Waals surface area contributed by atoms with Gasteiger partial charge < -0.3 is 19.9 Å². The number of thiazole rings is 1. The number of rotatable bonds is 7. The van der Waals surface area contributed by atoms with Crippen molar-refractivity contribution in [2.24, 2.45) is 11.8 Å². The number of benzene rings is 2. The fourth-order valence-electron chi connectivity index (χ4n) is 8.07. The van der Waals surface area contributed by atoms with Gasteiger partial charge in [-0.2, -0.15) is 0 Å². The zero-order valence-electron chi connectivity index (χ0n) is 28.1. The van der Waals surface area contributed by atoms with Gasteiger partial charge in [-0.15, -0.1) is 11.3 Å². The molecule has 256 valence electrons. The van der Waals surface area contributed by atoms with Gasteiger partial charge in [-0.25, -0.2) is 4.98 Å². The Kier molecular flexibility index (Phi) is 8.99. The summed E-state index contributed by atoms with van der Waals surface area (Å²) in [6, 6.07) is 11.9. The predicted octanol–water partition coefficient (Wildman–Crippen LogP) is 4.33. The van der Waals surface area contributed by atoms with Crippen LogP contribution in [0.1, 0.15) is 90.4 Å². The van der Waals surface area contributed by atoms with Crippen molar-refractivity contribution in [1.82, 2.24) is 25.0 Å². The molecule has 0 spiro atoms. The highest BCUT2D eigenvalue weighted by molar-refractivity contribution is 7.13. The van der Waals surface area contributed by atoms with Gasteiger partial charge in [0, 0.05) is 44.0 Å². The standard InChI is InChI=1S/C37H41N5O6S/c1-21-32(49-22(2)39-21)37(47)40-17-16-24(19-40)48-30-14-8-9-23-15-18-41(34(44)26-11-5-4-10-25(26)33(43)38-3)29(31(23)30)20-42-35(45)27-12-6-7-13-28(27)36(42)46/h6-9,12-14,24-26,29H,4-5,10-11,15-20H2,1-3H3,(H,38,43)/t24?,25-,26+,29+/m0/s1. The number of hydrogen-bond acceptors (Lipinski definition) is 8. The van der Waals surface area contributed by atoms with E-state index in [1.165, 1.54) is 16.2 Å². The molecule has 1 N–H and O–H groups in total. The van der Waals surface area contributed by atoms with Gasteiger partial charge in [-0.1, -0.05) is 37.1 Å². The summed E-state index contributed by atoms with van der Waals surface area (Å²) in [5.41, 5.74) is 3.17. The number of fused-ring (bicyclic) bond motifs is 2. The smallest absolute Gasteiger partial charge is 0.265 e. The number of likely N-dealkylation sites (tertiary alicyclic amines) is 1. The Labute approximate surface area is 289 Å². The number of aromatic nitrogens is 1. The lowest BCUT2D eigenvalue weighted by molar-refractivity contribution is -0.146. The summed E-state index contributed by atoms with van der Waals surface area (Å²) >= 11 is 1.40. The first-order chi connectivity index (χ1) is 23.7. The van der Waals surface area contributed by atoms with Crippen LogP contribution in [-0.4, -0.2) is 88.6 Å². The number of amides is 5.